The van der Waals surface area contributed by atoms with Crippen molar-refractivity contribution in [3.8, 4) is 11.5 Å². The SMILES string of the molecule is CCN(C(=S)NC(=O)COc1ccccc1OC)c1ccccc1. The van der Waals surface area contributed by atoms with E-state index in [0.717, 1.165) is 5.69 Å². The molecular formula is C18H20N2O3S. The van der Waals surface area contributed by atoms with Crippen LogP contribution in [0.1, 0.15) is 6.92 Å². The zero-order valence-corrected chi connectivity index (χ0v) is 14.5. The first kappa shape index (κ1) is 17.7. The molecule has 24 heavy (non-hydrogen) atoms. The number of carbonyl (C=O) groups excluding carboxylic acids is 1. The normalized spacial score (nSPS) is 9.92. The molecule has 0 aliphatic heterocycles. The molecule has 0 aromatic heterocycles. The Kier molecular flexibility index (Phi) is 6.57. The van der Waals surface area contributed by atoms with Crippen molar-refractivity contribution in [2.45, 2.75) is 6.92 Å². The molecule has 0 spiro atoms. The lowest BCUT2D eigenvalue weighted by Gasteiger charge is -2.23. The topological polar surface area (TPSA) is 50.8 Å². The molecule has 2 aromatic rings. The Morgan fingerprint density at radius 1 is 1.08 bits per heavy atom. The molecule has 0 radical (unpaired) electrons. The van der Waals surface area contributed by atoms with Gasteiger partial charge in [-0.3, -0.25) is 10.1 Å². The predicted molar refractivity (Wildman–Crippen MR) is 98.7 cm³/mol. The number of ether oxygens (including phenoxy) is 2. The summed E-state index contributed by atoms with van der Waals surface area (Å²) in [5, 5.41) is 3.03. The Morgan fingerprint density at radius 2 is 1.71 bits per heavy atom. The number of para-hydroxylation sites is 3. The number of nitrogens with one attached hydrogen (secondary N) is 1. The molecule has 0 bridgehead atoms. The highest BCUT2D eigenvalue weighted by Crippen LogP contribution is 2.25. The van der Waals surface area contributed by atoms with E-state index in [2.05, 4.69) is 5.32 Å². The molecule has 0 unspecified atom stereocenters. The highest BCUT2D eigenvalue weighted by Gasteiger charge is 2.14. The van der Waals surface area contributed by atoms with Gasteiger partial charge in [0.05, 0.1) is 7.11 Å². The summed E-state index contributed by atoms with van der Waals surface area (Å²) in [5.74, 6) is 0.768. The monoisotopic (exact) mass is 344 g/mol. The van der Waals surface area contributed by atoms with Crippen LogP contribution in [0.15, 0.2) is 54.6 Å². The van der Waals surface area contributed by atoms with Gasteiger partial charge in [0.1, 0.15) is 0 Å². The molecule has 0 atom stereocenters. The summed E-state index contributed by atoms with van der Waals surface area (Å²) in [6.07, 6.45) is 0. The van der Waals surface area contributed by atoms with Crippen molar-refractivity contribution in [3.63, 3.8) is 0 Å². The zero-order valence-electron chi connectivity index (χ0n) is 13.7. The molecule has 5 nitrogen and oxygen atoms in total. The van der Waals surface area contributed by atoms with Gasteiger partial charge in [0.2, 0.25) is 0 Å². The molecule has 1 N–H and O–H groups in total. The summed E-state index contributed by atoms with van der Waals surface area (Å²) in [4.78, 5) is 13.9. The maximum atomic E-state index is 12.1. The zero-order chi connectivity index (χ0) is 17.4. The van der Waals surface area contributed by atoms with Crippen LogP contribution in [0.4, 0.5) is 5.69 Å². The predicted octanol–water partition coefficient (Wildman–Crippen LogP) is 3.00. The number of amides is 1. The third kappa shape index (κ3) is 4.70. The lowest BCUT2D eigenvalue weighted by atomic mass is 10.3. The van der Waals surface area contributed by atoms with E-state index in [-0.39, 0.29) is 12.5 Å². The summed E-state index contributed by atoms with van der Waals surface area (Å²) in [6, 6.07) is 16.8. The molecule has 0 saturated carbocycles. The molecule has 126 valence electrons. The van der Waals surface area contributed by atoms with Crippen molar-refractivity contribution in [1.82, 2.24) is 5.32 Å². The quantitative estimate of drug-likeness (QED) is 0.817. The number of carbonyl (C=O) groups is 1. The first-order valence-electron chi connectivity index (χ1n) is 7.58. The standard InChI is InChI=1S/C18H20N2O3S/c1-3-20(14-9-5-4-6-10-14)18(24)19-17(21)13-23-16-12-8-7-11-15(16)22-2/h4-12H,3,13H2,1-2H3,(H,19,21,24). The Hall–Kier alpha value is -2.60. The second kappa shape index (κ2) is 8.88. The average molecular weight is 344 g/mol. The van der Waals surface area contributed by atoms with Gasteiger partial charge in [-0.2, -0.15) is 0 Å². The number of hydrogen-bond donors (Lipinski definition) is 1. The number of thiocarbonyl (C=S) groups is 1. The minimum Gasteiger partial charge on any atom is -0.493 e. The molecule has 0 heterocycles. The minimum atomic E-state index is -0.319. The number of rotatable bonds is 6. The van der Waals surface area contributed by atoms with Crippen LogP contribution in [0.25, 0.3) is 0 Å². The van der Waals surface area contributed by atoms with Crippen molar-refractivity contribution in [2.24, 2.45) is 0 Å². The lowest BCUT2D eigenvalue weighted by molar-refractivity contribution is -0.121. The molecular weight excluding hydrogens is 324 g/mol. The van der Waals surface area contributed by atoms with Gasteiger partial charge in [0, 0.05) is 12.2 Å². The van der Waals surface area contributed by atoms with Crippen LogP contribution in [0.5, 0.6) is 11.5 Å². The van der Waals surface area contributed by atoms with E-state index in [1.165, 1.54) is 0 Å². The van der Waals surface area contributed by atoms with Gasteiger partial charge < -0.3 is 14.4 Å². The van der Waals surface area contributed by atoms with E-state index < -0.39 is 0 Å². The average Bonchev–Trinajstić information content (AvgIpc) is 2.61. The molecule has 0 fully saturated rings. The Labute approximate surface area is 147 Å². The van der Waals surface area contributed by atoms with E-state index in [4.69, 9.17) is 21.7 Å². The highest BCUT2D eigenvalue weighted by molar-refractivity contribution is 7.80. The summed E-state index contributed by atoms with van der Waals surface area (Å²) < 4.78 is 10.7. The maximum absolute atomic E-state index is 12.1. The fourth-order valence-corrected chi connectivity index (χ4v) is 2.50. The van der Waals surface area contributed by atoms with E-state index in [1.54, 1.807) is 19.2 Å². The molecule has 0 saturated heterocycles. The van der Waals surface area contributed by atoms with E-state index >= 15 is 0 Å². The van der Waals surface area contributed by atoms with Crippen molar-refractivity contribution < 1.29 is 14.3 Å². The molecule has 2 rings (SSSR count). The van der Waals surface area contributed by atoms with Gasteiger partial charge in [-0.15, -0.1) is 0 Å². The Bertz CT molecular complexity index is 692. The fourth-order valence-electron chi connectivity index (χ4n) is 2.16. The largest absolute Gasteiger partial charge is 0.493 e. The van der Waals surface area contributed by atoms with Crippen LogP contribution in [0.2, 0.25) is 0 Å². The van der Waals surface area contributed by atoms with Crippen molar-refractivity contribution in [1.29, 1.82) is 0 Å². The fraction of sp³-hybridized carbons (Fsp3) is 0.222. The minimum absolute atomic E-state index is 0.146. The second-order valence-electron chi connectivity index (χ2n) is 4.87. The van der Waals surface area contributed by atoms with Gasteiger partial charge in [-0.1, -0.05) is 30.3 Å². The third-order valence-electron chi connectivity index (χ3n) is 3.30. The highest BCUT2D eigenvalue weighted by atomic mass is 32.1. The first-order chi connectivity index (χ1) is 11.7. The van der Waals surface area contributed by atoms with Crippen LogP contribution < -0.4 is 19.7 Å². The molecule has 0 aliphatic rings. The first-order valence-corrected chi connectivity index (χ1v) is 7.98. The Morgan fingerprint density at radius 3 is 2.33 bits per heavy atom. The summed E-state index contributed by atoms with van der Waals surface area (Å²) in [5.41, 5.74) is 0.927. The molecule has 6 heteroatoms. The van der Waals surface area contributed by atoms with E-state index in [9.17, 15) is 4.79 Å². The summed E-state index contributed by atoms with van der Waals surface area (Å²) in [7, 11) is 1.55. The van der Waals surface area contributed by atoms with Crippen molar-refractivity contribution in [2.75, 3.05) is 25.2 Å². The van der Waals surface area contributed by atoms with Crippen LogP contribution >= 0.6 is 12.2 Å². The molecule has 0 aliphatic carbocycles. The van der Waals surface area contributed by atoms with Crippen LogP contribution in [0, 0.1) is 0 Å². The third-order valence-corrected chi connectivity index (χ3v) is 3.63. The van der Waals surface area contributed by atoms with Crippen molar-refractivity contribution >= 4 is 28.9 Å². The van der Waals surface area contributed by atoms with Gasteiger partial charge >= 0.3 is 0 Å². The molecule has 2 aromatic carbocycles. The lowest BCUT2D eigenvalue weighted by Crippen LogP contribution is -2.44. The van der Waals surface area contributed by atoms with Gasteiger partial charge in [-0.05, 0) is 43.4 Å². The van der Waals surface area contributed by atoms with Gasteiger partial charge in [0.15, 0.2) is 23.2 Å². The van der Waals surface area contributed by atoms with Crippen LogP contribution in [0.3, 0.4) is 0 Å². The van der Waals surface area contributed by atoms with E-state index in [1.807, 2.05) is 54.3 Å². The number of methoxy groups -OCH3 is 1. The van der Waals surface area contributed by atoms with Crippen LogP contribution in [-0.2, 0) is 4.79 Å². The number of anilines is 1. The number of nitrogens with zero attached hydrogens (tertiary/aromatic N) is 1. The summed E-state index contributed by atoms with van der Waals surface area (Å²) in [6.45, 7) is 2.47. The van der Waals surface area contributed by atoms with Gasteiger partial charge in [0.25, 0.3) is 5.91 Å². The Balaban J connectivity index is 1.92. The smallest absolute Gasteiger partial charge is 0.264 e. The van der Waals surface area contributed by atoms with Gasteiger partial charge in [-0.25, -0.2) is 0 Å². The van der Waals surface area contributed by atoms with E-state index in [0.29, 0.717) is 23.2 Å². The molecule has 1 amide bonds. The maximum Gasteiger partial charge on any atom is 0.264 e. The number of hydrogen-bond acceptors (Lipinski definition) is 4. The second-order valence-corrected chi connectivity index (χ2v) is 5.26. The van der Waals surface area contributed by atoms with Crippen molar-refractivity contribution in [3.05, 3.63) is 54.6 Å². The number of benzene rings is 2. The van der Waals surface area contributed by atoms with Crippen LogP contribution in [-0.4, -0.2) is 31.3 Å². The summed E-state index contributed by atoms with van der Waals surface area (Å²) >= 11 is 5.33.